The van der Waals surface area contributed by atoms with E-state index in [0.29, 0.717) is 20.1 Å². The number of halogens is 4. The molecule has 0 N–H and O–H groups in total. The molecule has 1 aromatic carbocycles. The van der Waals surface area contributed by atoms with Gasteiger partial charge >= 0.3 is 0 Å². The Kier molecular flexibility index (Phi) is 3.96. The van der Waals surface area contributed by atoms with Crippen molar-refractivity contribution in [2.75, 3.05) is 0 Å². The van der Waals surface area contributed by atoms with Crippen LogP contribution in [0.5, 0.6) is 0 Å². The molecule has 0 bridgehead atoms. The molecule has 1 unspecified atom stereocenters. The molecule has 0 saturated heterocycles. The molecule has 0 aliphatic rings. The smallest absolute Gasteiger partial charge is 0.0796 e. The van der Waals surface area contributed by atoms with E-state index in [2.05, 4.69) is 10.2 Å². The summed E-state index contributed by atoms with van der Waals surface area (Å²) in [4.78, 5) is 0. The van der Waals surface area contributed by atoms with Gasteiger partial charge in [-0.1, -0.05) is 53.3 Å². The zero-order valence-corrected chi connectivity index (χ0v) is 10.7. The van der Waals surface area contributed by atoms with Gasteiger partial charge in [0, 0.05) is 10.2 Å². The molecular formula is C8H5Cl4Si. The summed E-state index contributed by atoms with van der Waals surface area (Å²) in [5.74, 6) is 0. The highest BCUT2D eigenvalue weighted by molar-refractivity contribution is 6.52. The molecule has 0 aliphatic heterocycles. The van der Waals surface area contributed by atoms with E-state index in [-0.39, 0.29) is 5.54 Å². The maximum Gasteiger partial charge on any atom is 0.0796 e. The summed E-state index contributed by atoms with van der Waals surface area (Å²) >= 11 is 23.5. The Morgan fingerprint density at radius 2 is 1.62 bits per heavy atom. The van der Waals surface area contributed by atoms with E-state index < -0.39 is 0 Å². The standard InChI is InChI=1S/C8H5Cl4Si/c1-3(13)4-2-5(9)7(11)8(12)6(4)10/h2-3H,1H3. The number of benzene rings is 1. The molecule has 1 aromatic rings. The van der Waals surface area contributed by atoms with Crippen molar-refractivity contribution in [3.63, 3.8) is 0 Å². The zero-order chi connectivity index (χ0) is 10.2. The summed E-state index contributed by atoms with van der Waals surface area (Å²) in [5.41, 5.74) is 0.914. The first-order chi connectivity index (χ1) is 5.95. The number of hydrogen-bond donors (Lipinski definition) is 0. The van der Waals surface area contributed by atoms with Crippen molar-refractivity contribution in [3.8, 4) is 0 Å². The normalized spacial score (nSPS) is 13.1. The SMILES string of the molecule is CC([Si])c1cc(Cl)c(Cl)c(Cl)c1Cl. The molecule has 0 aliphatic carbocycles. The van der Waals surface area contributed by atoms with Crippen LogP contribution in [0.15, 0.2) is 6.07 Å². The third-order valence-corrected chi connectivity index (χ3v) is 3.67. The molecule has 0 nitrogen and oxygen atoms in total. The van der Waals surface area contributed by atoms with Gasteiger partial charge in [-0.05, 0) is 17.2 Å². The zero-order valence-electron chi connectivity index (χ0n) is 6.67. The Bertz CT molecular complexity index is 335. The van der Waals surface area contributed by atoms with Crippen LogP contribution < -0.4 is 0 Å². The monoisotopic (exact) mass is 269 g/mol. The largest absolute Gasteiger partial charge is 0.0826 e. The second kappa shape index (κ2) is 4.41. The van der Waals surface area contributed by atoms with E-state index in [1.165, 1.54) is 0 Å². The predicted molar refractivity (Wildman–Crippen MR) is 60.7 cm³/mol. The van der Waals surface area contributed by atoms with Gasteiger partial charge in [-0.15, -0.1) is 0 Å². The van der Waals surface area contributed by atoms with Crippen LogP contribution >= 0.6 is 46.4 Å². The van der Waals surface area contributed by atoms with Crippen molar-refractivity contribution >= 4 is 56.6 Å². The van der Waals surface area contributed by atoms with Crippen molar-refractivity contribution in [2.45, 2.75) is 12.5 Å². The fourth-order valence-electron chi connectivity index (χ4n) is 0.906. The van der Waals surface area contributed by atoms with Crippen LogP contribution in [-0.4, -0.2) is 10.2 Å². The van der Waals surface area contributed by atoms with Gasteiger partial charge in [-0.3, -0.25) is 0 Å². The van der Waals surface area contributed by atoms with E-state index in [0.717, 1.165) is 5.56 Å². The van der Waals surface area contributed by atoms with Gasteiger partial charge in [0.1, 0.15) is 0 Å². The van der Waals surface area contributed by atoms with Crippen LogP contribution in [0.4, 0.5) is 0 Å². The highest BCUT2D eigenvalue weighted by Gasteiger charge is 2.14. The summed E-state index contributed by atoms with van der Waals surface area (Å²) in [6.45, 7) is 1.93. The highest BCUT2D eigenvalue weighted by Crippen LogP contribution is 2.39. The number of hydrogen-bond acceptors (Lipinski definition) is 0. The van der Waals surface area contributed by atoms with Crippen molar-refractivity contribution in [1.82, 2.24) is 0 Å². The van der Waals surface area contributed by atoms with Crippen LogP contribution in [0.1, 0.15) is 18.0 Å². The van der Waals surface area contributed by atoms with Gasteiger partial charge in [-0.25, -0.2) is 0 Å². The molecule has 69 valence electrons. The third-order valence-electron chi connectivity index (χ3n) is 1.60. The van der Waals surface area contributed by atoms with E-state index >= 15 is 0 Å². The minimum absolute atomic E-state index is 0.0831. The van der Waals surface area contributed by atoms with Crippen molar-refractivity contribution in [3.05, 3.63) is 31.7 Å². The van der Waals surface area contributed by atoms with Crippen LogP contribution in [0, 0.1) is 0 Å². The molecule has 13 heavy (non-hydrogen) atoms. The summed E-state index contributed by atoms with van der Waals surface area (Å²) < 4.78 is 0. The third kappa shape index (κ3) is 2.34. The molecular weight excluding hydrogens is 266 g/mol. The van der Waals surface area contributed by atoms with E-state index in [1.54, 1.807) is 6.07 Å². The Balaban J connectivity index is 3.41. The summed E-state index contributed by atoms with van der Waals surface area (Å²) in [6.07, 6.45) is 0. The molecule has 0 saturated carbocycles. The molecule has 0 heterocycles. The predicted octanol–water partition coefficient (Wildman–Crippen LogP) is 4.53. The van der Waals surface area contributed by atoms with Crippen LogP contribution in [0.3, 0.4) is 0 Å². The maximum atomic E-state index is 5.96. The van der Waals surface area contributed by atoms with Crippen LogP contribution in [0.2, 0.25) is 20.1 Å². The lowest BCUT2D eigenvalue weighted by Crippen LogP contribution is -1.94. The fourth-order valence-corrected chi connectivity index (χ4v) is 2.21. The van der Waals surface area contributed by atoms with Crippen molar-refractivity contribution in [2.24, 2.45) is 0 Å². The molecule has 0 amide bonds. The Hall–Kier alpha value is 0.597. The first-order valence-electron chi connectivity index (χ1n) is 3.49. The molecule has 5 heteroatoms. The van der Waals surface area contributed by atoms with Gasteiger partial charge in [0.05, 0.1) is 20.1 Å². The minimum atomic E-state index is 0.0831. The van der Waals surface area contributed by atoms with Gasteiger partial charge in [0.2, 0.25) is 0 Å². The van der Waals surface area contributed by atoms with Gasteiger partial charge in [0.15, 0.2) is 0 Å². The van der Waals surface area contributed by atoms with E-state index in [4.69, 9.17) is 46.4 Å². The van der Waals surface area contributed by atoms with E-state index in [1.807, 2.05) is 6.92 Å². The fraction of sp³-hybridized carbons (Fsp3) is 0.250. The summed E-state index contributed by atoms with van der Waals surface area (Å²) in [6, 6.07) is 1.70. The van der Waals surface area contributed by atoms with Gasteiger partial charge < -0.3 is 0 Å². The minimum Gasteiger partial charge on any atom is -0.0826 e. The highest BCUT2D eigenvalue weighted by atomic mass is 35.5. The van der Waals surface area contributed by atoms with Gasteiger partial charge in [0.25, 0.3) is 0 Å². The first-order valence-corrected chi connectivity index (χ1v) is 5.58. The summed E-state index contributed by atoms with van der Waals surface area (Å²) in [5, 5.41) is 1.45. The molecule has 3 radical (unpaired) electrons. The maximum absolute atomic E-state index is 5.96. The van der Waals surface area contributed by atoms with Crippen molar-refractivity contribution in [1.29, 1.82) is 0 Å². The number of rotatable bonds is 1. The quantitative estimate of drug-likeness (QED) is 0.400. The Morgan fingerprint density at radius 3 is 2.08 bits per heavy atom. The average molecular weight is 271 g/mol. The van der Waals surface area contributed by atoms with Gasteiger partial charge in [-0.2, -0.15) is 0 Å². The molecule has 0 aromatic heterocycles. The molecule has 1 rings (SSSR count). The Morgan fingerprint density at radius 1 is 1.08 bits per heavy atom. The first kappa shape index (κ1) is 11.7. The lowest BCUT2D eigenvalue weighted by Gasteiger charge is -2.11. The van der Waals surface area contributed by atoms with Crippen LogP contribution in [-0.2, 0) is 0 Å². The lowest BCUT2D eigenvalue weighted by atomic mass is 10.1. The Labute approximate surface area is 101 Å². The molecule has 0 fully saturated rings. The molecule has 1 atom stereocenters. The second-order valence-electron chi connectivity index (χ2n) is 2.61. The topological polar surface area (TPSA) is 0 Å². The molecule has 0 spiro atoms. The summed E-state index contributed by atoms with van der Waals surface area (Å²) in [7, 11) is 3.43. The second-order valence-corrected chi connectivity index (χ2v) is 5.02. The lowest BCUT2D eigenvalue weighted by molar-refractivity contribution is 1.08. The van der Waals surface area contributed by atoms with Crippen molar-refractivity contribution < 1.29 is 0 Å². The van der Waals surface area contributed by atoms with E-state index in [9.17, 15) is 0 Å². The van der Waals surface area contributed by atoms with Crippen LogP contribution in [0.25, 0.3) is 0 Å². The average Bonchev–Trinajstić information content (AvgIpc) is 2.07.